The fourth-order valence-electron chi connectivity index (χ4n) is 2.88. The van der Waals surface area contributed by atoms with Gasteiger partial charge in [0.1, 0.15) is 5.75 Å². The topological polar surface area (TPSA) is 94.1 Å². The number of ether oxygens (including phenoxy) is 3. The number of amides is 1. The van der Waals surface area contributed by atoms with Gasteiger partial charge in [0, 0.05) is 16.8 Å². The molecule has 1 amide bonds. The lowest BCUT2D eigenvalue weighted by molar-refractivity contribution is 0.0976. The van der Waals surface area contributed by atoms with Gasteiger partial charge < -0.3 is 19.5 Å². The Morgan fingerprint density at radius 2 is 2.03 bits per heavy atom. The van der Waals surface area contributed by atoms with Crippen molar-refractivity contribution in [2.45, 2.75) is 6.54 Å². The number of aromatic nitrogens is 1. The summed E-state index contributed by atoms with van der Waals surface area (Å²) in [6.45, 7) is 0.390. The number of fused-ring (bicyclic) bond motifs is 1. The van der Waals surface area contributed by atoms with Gasteiger partial charge in [-0.05, 0) is 48.5 Å². The average Bonchev–Trinajstić information content (AvgIpc) is 3.26. The van der Waals surface area contributed by atoms with Crippen molar-refractivity contribution < 1.29 is 19.0 Å². The number of rotatable bonds is 5. The van der Waals surface area contributed by atoms with Crippen LogP contribution in [-0.4, -0.2) is 30.8 Å². The molecular weight excluding hydrogens is 420 g/mol. The first-order chi connectivity index (χ1) is 15.1. The molecule has 0 unspecified atom stereocenters. The fraction of sp³-hybridized carbons (Fsp3) is 0.136. The minimum atomic E-state index is -0.369. The molecule has 4 rings (SSSR count). The van der Waals surface area contributed by atoms with Crippen LogP contribution in [-0.2, 0) is 6.54 Å². The minimum absolute atomic E-state index is 0.132. The Balaban J connectivity index is 1.59. The highest BCUT2D eigenvalue weighted by Gasteiger charge is 2.18. The molecule has 8 nitrogen and oxygen atoms in total. The van der Waals surface area contributed by atoms with Crippen molar-refractivity contribution in [3.05, 3.63) is 77.1 Å². The number of hydrogen-bond donors (Lipinski definition) is 2. The van der Waals surface area contributed by atoms with E-state index in [1.807, 2.05) is 18.2 Å². The van der Waals surface area contributed by atoms with Gasteiger partial charge in [-0.3, -0.25) is 15.1 Å². The van der Waals surface area contributed by atoms with Gasteiger partial charge in [0.2, 0.25) is 12.8 Å². The first kappa shape index (κ1) is 20.5. The van der Waals surface area contributed by atoms with Gasteiger partial charge in [0.05, 0.1) is 25.0 Å². The molecule has 1 aliphatic rings. The Labute approximate surface area is 183 Å². The Hall–Kier alpha value is -3.78. The quantitative estimate of drug-likeness (QED) is 0.464. The molecule has 2 N–H and O–H groups in total. The number of anilines is 1. The van der Waals surface area contributed by atoms with Gasteiger partial charge in [-0.15, -0.1) is 0 Å². The largest absolute Gasteiger partial charge is 0.495 e. The molecule has 3 aromatic rings. The van der Waals surface area contributed by atoms with Gasteiger partial charge in [-0.25, -0.2) is 4.99 Å². The first-order valence-corrected chi connectivity index (χ1v) is 9.76. The van der Waals surface area contributed by atoms with Crippen molar-refractivity contribution in [3.63, 3.8) is 0 Å². The van der Waals surface area contributed by atoms with Crippen LogP contribution < -0.4 is 24.8 Å². The van der Waals surface area contributed by atoms with Crippen LogP contribution in [0.1, 0.15) is 16.1 Å². The first-order valence-electron chi connectivity index (χ1n) is 9.38. The number of pyridine rings is 1. The van der Waals surface area contributed by atoms with E-state index in [9.17, 15) is 4.79 Å². The summed E-state index contributed by atoms with van der Waals surface area (Å²) in [6, 6.07) is 15.6. The second-order valence-corrected chi connectivity index (χ2v) is 6.91. The smallest absolute Gasteiger partial charge is 0.258 e. The average molecular weight is 439 g/mol. The van der Waals surface area contributed by atoms with Crippen molar-refractivity contribution in [2.24, 2.45) is 4.99 Å². The number of nitrogens with zero attached hydrogens (tertiary/aromatic N) is 2. The molecule has 0 saturated heterocycles. The van der Waals surface area contributed by atoms with Crippen molar-refractivity contribution in [1.82, 2.24) is 10.3 Å². The third-order valence-electron chi connectivity index (χ3n) is 4.41. The normalized spacial score (nSPS) is 12.4. The van der Waals surface area contributed by atoms with Crippen molar-refractivity contribution >= 4 is 29.2 Å². The number of hydrogen-bond acceptors (Lipinski definition) is 6. The lowest BCUT2D eigenvalue weighted by Gasteiger charge is -2.15. The van der Waals surface area contributed by atoms with Gasteiger partial charge >= 0.3 is 0 Å². The maximum absolute atomic E-state index is 12.9. The van der Waals surface area contributed by atoms with Gasteiger partial charge in [-0.2, -0.15) is 0 Å². The molecular formula is C22H19ClN4O4. The Kier molecular flexibility index (Phi) is 6.18. The molecule has 0 aliphatic carbocycles. The monoisotopic (exact) mass is 438 g/mol. The summed E-state index contributed by atoms with van der Waals surface area (Å²) in [4.78, 5) is 21.6. The summed E-state index contributed by atoms with van der Waals surface area (Å²) in [5.74, 6) is 1.51. The summed E-state index contributed by atoms with van der Waals surface area (Å²) < 4.78 is 16.0. The van der Waals surface area contributed by atoms with Gasteiger partial charge in [0.25, 0.3) is 5.91 Å². The minimum Gasteiger partial charge on any atom is -0.495 e. The molecule has 9 heteroatoms. The van der Waals surface area contributed by atoms with Crippen LogP contribution in [0.15, 0.2) is 65.8 Å². The number of guanidine groups is 1. The Bertz CT molecular complexity index is 1120. The Morgan fingerprint density at radius 1 is 1.16 bits per heavy atom. The number of aliphatic imine (C=N–C) groups is 1. The van der Waals surface area contributed by atoms with E-state index in [1.165, 1.54) is 0 Å². The third kappa shape index (κ3) is 5.04. The summed E-state index contributed by atoms with van der Waals surface area (Å²) in [7, 11) is 1.55. The highest BCUT2D eigenvalue weighted by Crippen LogP contribution is 2.32. The molecule has 1 aliphatic heterocycles. The lowest BCUT2D eigenvalue weighted by Crippen LogP contribution is -2.36. The van der Waals surface area contributed by atoms with E-state index >= 15 is 0 Å². The van der Waals surface area contributed by atoms with Crippen LogP contribution in [0, 0.1) is 0 Å². The summed E-state index contributed by atoms with van der Waals surface area (Å²) >= 11 is 6.13. The molecule has 0 radical (unpaired) electrons. The maximum Gasteiger partial charge on any atom is 0.258 e. The third-order valence-corrected chi connectivity index (χ3v) is 4.64. The van der Waals surface area contributed by atoms with E-state index in [2.05, 4.69) is 20.6 Å². The number of carbonyl (C=O) groups excluding carboxylic acids is 1. The molecule has 31 heavy (non-hydrogen) atoms. The molecule has 0 atom stereocenters. The van der Waals surface area contributed by atoms with E-state index in [1.54, 1.807) is 49.7 Å². The second kappa shape index (κ2) is 9.36. The predicted octanol–water partition coefficient (Wildman–Crippen LogP) is 3.87. The second-order valence-electron chi connectivity index (χ2n) is 6.48. The zero-order chi connectivity index (χ0) is 21.6. The van der Waals surface area contributed by atoms with Crippen LogP contribution in [0.25, 0.3) is 0 Å². The molecule has 2 heterocycles. The standard InChI is InChI=1S/C22H19ClN4O4/c1-29-18-8-6-15(23)11-17(18)26-22(25-12-16-4-2-3-9-24-16)27-21(28)14-5-7-19-20(10-14)31-13-30-19/h2-11H,12-13H2,1H3,(H2,25,26,27,28). The van der Waals surface area contributed by atoms with E-state index in [0.717, 1.165) is 5.69 Å². The number of methoxy groups -OCH3 is 1. The van der Waals surface area contributed by atoms with Gasteiger partial charge in [-0.1, -0.05) is 17.7 Å². The summed E-state index contributed by atoms with van der Waals surface area (Å²) in [5.41, 5.74) is 1.70. The molecule has 0 spiro atoms. The van der Waals surface area contributed by atoms with Crippen LogP contribution in [0.5, 0.6) is 17.2 Å². The number of carbonyl (C=O) groups is 1. The van der Waals surface area contributed by atoms with E-state index in [-0.39, 0.29) is 25.2 Å². The van der Waals surface area contributed by atoms with Crippen LogP contribution in [0.4, 0.5) is 5.69 Å². The van der Waals surface area contributed by atoms with Gasteiger partial charge in [0.15, 0.2) is 11.5 Å². The zero-order valence-corrected chi connectivity index (χ0v) is 17.3. The van der Waals surface area contributed by atoms with Crippen LogP contribution >= 0.6 is 11.6 Å². The van der Waals surface area contributed by atoms with Crippen molar-refractivity contribution in [3.8, 4) is 17.2 Å². The molecule has 0 bridgehead atoms. The lowest BCUT2D eigenvalue weighted by atomic mass is 10.2. The van der Waals surface area contributed by atoms with E-state index in [0.29, 0.717) is 33.5 Å². The Morgan fingerprint density at radius 3 is 2.84 bits per heavy atom. The highest BCUT2D eigenvalue weighted by atomic mass is 35.5. The van der Waals surface area contributed by atoms with Crippen LogP contribution in [0.2, 0.25) is 5.02 Å². The van der Waals surface area contributed by atoms with E-state index < -0.39 is 0 Å². The number of nitrogens with one attached hydrogen (secondary N) is 2. The maximum atomic E-state index is 12.9. The summed E-state index contributed by atoms with van der Waals surface area (Å²) in [6.07, 6.45) is 1.68. The van der Waals surface area contributed by atoms with Crippen molar-refractivity contribution in [1.29, 1.82) is 0 Å². The number of halogens is 1. The molecule has 158 valence electrons. The van der Waals surface area contributed by atoms with Crippen molar-refractivity contribution in [2.75, 3.05) is 19.2 Å². The van der Waals surface area contributed by atoms with E-state index in [4.69, 9.17) is 25.8 Å². The van der Waals surface area contributed by atoms with Crippen LogP contribution in [0.3, 0.4) is 0 Å². The predicted molar refractivity (Wildman–Crippen MR) is 117 cm³/mol. The molecule has 1 aromatic heterocycles. The summed E-state index contributed by atoms with van der Waals surface area (Å²) in [5, 5.41) is 6.39. The fourth-order valence-corrected chi connectivity index (χ4v) is 3.06. The zero-order valence-electron chi connectivity index (χ0n) is 16.6. The SMILES string of the molecule is COc1ccc(Cl)cc1NC(=NCc1ccccn1)NC(=O)c1ccc2c(c1)OCO2. The molecule has 2 aromatic carbocycles. The molecule has 0 saturated carbocycles. The molecule has 0 fully saturated rings. The number of benzene rings is 2. The highest BCUT2D eigenvalue weighted by molar-refractivity contribution is 6.31.